The zero-order valence-electron chi connectivity index (χ0n) is 22.2. The molecule has 0 bridgehead atoms. The van der Waals surface area contributed by atoms with E-state index < -0.39 is 35.5 Å². The summed E-state index contributed by atoms with van der Waals surface area (Å²) < 4.78 is 26.6. The molecule has 1 aliphatic heterocycles. The Morgan fingerprint density at radius 1 is 0.868 bits per heavy atom. The molecule has 4 rings (SSSR count). The van der Waals surface area contributed by atoms with Gasteiger partial charge in [-0.15, -0.1) is 0 Å². The molecule has 38 heavy (non-hydrogen) atoms. The van der Waals surface area contributed by atoms with Crippen LogP contribution in [0.15, 0.2) is 65.0 Å². The first kappa shape index (κ1) is 26.8. The topological polar surface area (TPSA) is 109 Å². The first-order valence-corrected chi connectivity index (χ1v) is 12.1. The zero-order chi connectivity index (χ0) is 27.6. The number of hydrogen-bond donors (Lipinski definition) is 1. The van der Waals surface area contributed by atoms with E-state index in [4.69, 9.17) is 23.7 Å². The van der Waals surface area contributed by atoms with Crippen molar-refractivity contribution in [3.8, 4) is 17.2 Å². The van der Waals surface area contributed by atoms with E-state index in [1.165, 1.54) is 28.4 Å². The second-order valence-electron chi connectivity index (χ2n) is 9.04. The van der Waals surface area contributed by atoms with Gasteiger partial charge in [-0.3, -0.25) is 9.59 Å². The third-order valence-corrected chi connectivity index (χ3v) is 7.17. The summed E-state index contributed by atoms with van der Waals surface area (Å²) >= 11 is 0. The molecular formula is C29H31NO8. The zero-order valence-corrected chi connectivity index (χ0v) is 22.2. The number of Topliss-reactive ketones (excluding diaryl/α,β-unsaturated/α-hetero) is 1. The van der Waals surface area contributed by atoms with E-state index >= 15 is 0 Å². The van der Waals surface area contributed by atoms with Crippen LogP contribution >= 0.6 is 0 Å². The van der Waals surface area contributed by atoms with E-state index in [-0.39, 0.29) is 5.57 Å². The van der Waals surface area contributed by atoms with Crippen LogP contribution in [-0.2, 0) is 23.9 Å². The van der Waals surface area contributed by atoms with Gasteiger partial charge >= 0.3 is 11.9 Å². The molecule has 200 valence electrons. The summed E-state index contributed by atoms with van der Waals surface area (Å²) in [6.45, 7) is 1.76. The van der Waals surface area contributed by atoms with Crippen molar-refractivity contribution < 1.29 is 38.1 Å². The van der Waals surface area contributed by atoms with E-state index in [1.807, 2.05) is 12.1 Å². The van der Waals surface area contributed by atoms with Gasteiger partial charge in [0.2, 0.25) is 0 Å². The van der Waals surface area contributed by atoms with Crippen LogP contribution in [0.2, 0.25) is 0 Å². The van der Waals surface area contributed by atoms with Crippen LogP contribution in [0, 0.1) is 5.92 Å². The summed E-state index contributed by atoms with van der Waals surface area (Å²) in [5, 5.41) is 3.27. The van der Waals surface area contributed by atoms with Crippen molar-refractivity contribution in [2.45, 2.75) is 25.2 Å². The molecule has 1 aliphatic carbocycles. The van der Waals surface area contributed by atoms with Gasteiger partial charge in [-0.1, -0.05) is 12.1 Å². The van der Waals surface area contributed by atoms with Crippen LogP contribution in [0.1, 0.15) is 36.3 Å². The van der Waals surface area contributed by atoms with E-state index in [2.05, 4.69) is 5.32 Å². The number of ketones is 1. The maximum atomic E-state index is 14.3. The van der Waals surface area contributed by atoms with Crippen molar-refractivity contribution in [2.24, 2.45) is 5.92 Å². The molecule has 3 atom stereocenters. The number of carbonyl (C=O) groups is 3. The fourth-order valence-electron chi connectivity index (χ4n) is 5.35. The predicted molar refractivity (Wildman–Crippen MR) is 138 cm³/mol. The van der Waals surface area contributed by atoms with Crippen LogP contribution in [0.4, 0.5) is 0 Å². The maximum Gasteiger partial charge on any atom is 0.336 e. The predicted octanol–water partition coefficient (Wildman–Crippen LogP) is 3.65. The Balaban J connectivity index is 1.95. The number of allylic oxidation sites excluding steroid dienone is 3. The number of esters is 2. The van der Waals surface area contributed by atoms with E-state index in [0.717, 1.165) is 5.56 Å². The molecule has 0 fully saturated rings. The molecule has 0 spiro atoms. The lowest BCUT2D eigenvalue weighted by Crippen LogP contribution is -2.43. The van der Waals surface area contributed by atoms with Gasteiger partial charge in [0.05, 0.1) is 47.0 Å². The molecule has 0 saturated heterocycles. The highest BCUT2D eigenvalue weighted by molar-refractivity contribution is 6.13. The lowest BCUT2D eigenvalue weighted by atomic mass is 9.67. The lowest BCUT2D eigenvalue weighted by Gasteiger charge is -2.39. The molecule has 0 aromatic heterocycles. The van der Waals surface area contributed by atoms with Crippen LogP contribution in [0.5, 0.6) is 17.2 Å². The van der Waals surface area contributed by atoms with Crippen LogP contribution < -0.4 is 19.5 Å². The van der Waals surface area contributed by atoms with Gasteiger partial charge in [0.15, 0.2) is 5.78 Å². The summed E-state index contributed by atoms with van der Waals surface area (Å²) in [5.41, 5.74) is 3.04. The SMILES string of the molecule is COC(=O)C1=C(C)NC2=C(C(=O)C(C(=O)OC)C(c3ccc(OC)cc3)C2)C1c1cc(OC)ccc1OC. The van der Waals surface area contributed by atoms with Crippen molar-refractivity contribution in [1.82, 2.24) is 5.32 Å². The number of methoxy groups -OCH3 is 5. The quantitative estimate of drug-likeness (QED) is 0.431. The minimum Gasteiger partial charge on any atom is -0.497 e. The lowest BCUT2D eigenvalue weighted by molar-refractivity contribution is -0.150. The number of dihydropyridines is 1. The minimum absolute atomic E-state index is 0.248. The Hall–Kier alpha value is -4.27. The fourth-order valence-corrected chi connectivity index (χ4v) is 5.35. The van der Waals surface area contributed by atoms with Crippen molar-refractivity contribution in [3.05, 3.63) is 76.1 Å². The van der Waals surface area contributed by atoms with Gasteiger partial charge in [0.1, 0.15) is 23.2 Å². The average molecular weight is 522 g/mol. The second-order valence-corrected chi connectivity index (χ2v) is 9.04. The molecule has 9 nitrogen and oxygen atoms in total. The minimum atomic E-state index is -1.12. The molecule has 0 saturated carbocycles. The van der Waals surface area contributed by atoms with Crippen LogP contribution in [-0.4, -0.2) is 53.3 Å². The van der Waals surface area contributed by atoms with Crippen molar-refractivity contribution in [2.75, 3.05) is 35.5 Å². The molecule has 2 aliphatic rings. The maximum absolute atomic E-state index is 14.3. The van der Waals surface area contributed by atoms with E-state index in [0.29, 0.717) is 46.2 Å². The number of rotatable bonds is 7. The van der Waals surface area contributed by atoms with Gasteiger partial charge in [0, 0.05) is 28.4 Å². The Morgan fingerprint density at radius 3 is 2.11 bits per heavy atom. The highest BCUT2D eigenvalue weighted by Crippen LogP contribution is 2.50. The van der Waals surface area contributed by atoms with Gasteiger partial charge in [-0.2, -0.15) is 0 Å². The molecular weight excluding hydrogens is 490 g/mol. The van der Waals surface area contributed by atoms with Crippen LogP contribution in [0.25, 0.3) is 0 Å². The summed E-state index contributed by atoms with van der Waals surface area (Å²) in [6.07, 6.45) is 0.335. The van der Waals surface area contributed by atoms with Gasteiger partial charge < -0.3 is 29.0 Å². The summed E-state index contributed by atoms with van der Waals surface area (Å²) in [7, 11) is 7.15. The third-order valence-electron chi connectivity index (χ3n) is 7.17. The third kappa shape index (κ3) is 4.60. The van der Waals surface area contributed by atoms with Crippen molar-refractivity contribution in [3.63, 3.8) is 0 Å². The molecule has 2 aromatic rings. The second kappa shape index (κ2) is 11.0. The number of nitrogens with one attached hydrogen (secondary N) is 1. The van der Waals surface area contributed by atoms with E-state index in [9.17, 15) is 14.4 Å². The summed E-state index contributed by atoms with van der Waals surface area (Å²) in [4.78, 5) is 40.5. The fraction of sp³-hybridized carbons (Fsp3) is 0.345. The summed E-state index contributed by atoms with van der Waals surface area (Å²) in [5.74, 6) is -2.52. The normalized spacial score (nSPS) is 20.8. The molecule has 9 heteroatoms. The first-order chi connectivity index (χ1) is 18.3. The molecule has 1 heterocycles. The molecule has 0 radical (unpaired) electrons. The number of carbonyl (C=O) groups excluding carboxylic acids is 3. The first-order valence-electron chi connectivity index (χ1n) is 12.1. The Morgan fingerprint density at radius 2 is 1.53 bits per heavy atom. The molecule has 3 unspecified atom stereocenters. The standard InChI is InChI=1S/C29H31NO8/c1-15-23(28(32)37-5)24(20-13-18(35-3)11-12-22(20)36-4)26-21(30-15)14-19(25(27(26)31)29(33)38-6)16-7-9-17(34-2)10-8-16/h7-13,19,24-25,30H,14H2,1-6H3. The highest BCUT2D eigenvalue weighted by atomic mass is 16.5. The van der Waals surface area contributed by atoms with E-state index in [1.54, 1.807) is 44.4 Å². The Kier molecular flexibility index (Phi) is 7.75. The molecule has 0 amide bonds. The highest BCUT2D eigenvalue weighted by Gasteiger charge is 2.49. The average Bonchev–Trinajstić information content (AvgIpc) is 2.95. The van der Waals surface area contributed by atoms with Gasteiger partial charge in [-0.25, -0.2) is 4.79 Å². The van der Waals surface area contributed by atoms with Gasteiger partial charge in [0.25, 0.3) is 0 Å². The number of ether oxygens (including phenoxy) is 5. The summed E-state index contributed by atoms with van der Waals surface area (Å²) in [6, 6.07) is 12.4. The van der Waals surface area contributed by atoms with Gasteiger partial charge in [-0.05, 0) is 49.2 Å². The van der Waals surface area contributed by atoms with Crippen molar-refractivity contribution in [1.29, 1.82) is 0 Å². The Bertz CT molecular complexity index is 1320. The van der Waals surface area contributed by atoms with Crippen LogP contribution in [0.3, 0.4) is 0 Å². The smallest absolute Gasteiger partial charge is 0.336 e. The largest absolute Gasteiger partial charge is 0.497 e. The van der Waals surface area contributed by atoms with Crippen molar-refractivity contribution >= 4 is 17.7 Å². The number of benzene rings is 2. The molecule has 2 aromatic carbocycles. The molecule has 1 N–H and O–H groups in total. The number of hydrogen-bond acceptors (Lipinski definition) is 9. The Labute approximate surface area is 221 Å². The monoisotopic (exact) mass is 521 g/mol.